The topological polar surface area (TPSA) is 46.2 Å². The van der Waals surface area contributed by atoms with Crippen molar-refractivity contribution in [3.05, 3.63) is 29.3 Å². The third-order valence-corrected chi connectivity index (χ3v) is 4.86. The molecule has 0 radical (unpaired) electrons. The second kappa shape index (κ2) is 7.88. The predicted molar refractivity (Wildman–Crippen MR) is 80.3 cm³/mol. The second-order valence-corrected chi connectivity index (χ2v) is 6.88. The summed E-state index contributed by atoms with van der Waals surface area (Å²) in [6.07, 6.45) is 3.89. The van der Waals surface area contributed by atoms with E-state index in [1.54, 1.807) is 6.07 Å². The number of aryl methyl sites for hydroxylation is 2. The van der Waals surface area contributed by atoms with Crippen molar-refractivity contribution in [2.45, 2.75) is 44.4 Å². The van der Waals surface area contributed by atoms with Crippen LogP contribution in [-0.4, -0.2) is 20.8 Å². The summed E-state index contributed by atoms with van der Waals surface area (Å²) in [5.74, 6) is 0.675. The van der Waals surface area contributed by atoms with Crippen LogP contribution in [0.2, 0.25) is 0 Å². The van der Waals surface area contributed by atoms with Crippen LogP contribution in [0, 0.1) is 13.8 Å². The van der Waals surface area contributed by atoms with E-state index in [0.717, 1.165) is 36.8 Å². The summed E-state index contributed by atoms with van der Waals surface area (Å²) in [6, 6.07) is 5.47. The average Bonchev–Trinajstić information content (AvgIpc) is 2.36. The van der Waals surface area contributed by atoms with Gasteiger partial charge in [-0.25, -0.2) is 13.1 Å². The Kier molecular flexibility index (Phi) is 6.83. The zero-order chi connectivity index (χ0) is 14.3. The Morgan fingerprint density at radius 2 is 1.79 bits per heavy atom. The quantitative estimate of drug-likeness (QED) is 0.591. The van der Waals surface area contributed by atoms with E-state index < -0.39 is 10.0 Å². The Hall–Kier alpha value is -0.580. The molecule has 0 fully saturated rings. The highest BCUT2D eigenvalue weighted by Gasteiger charge is 2.15. The number of nitrogens with one attached hydrogen (secondary N) is 1. The van der Waals surface area contributed by atoms with Crippen molar-refractivity contribution < 1.29 is 8.42 Å². The van der Waals surface area contributed by atoms with Crippen LogP contribution in [0.4, 0.5) is 0 Å². The summed E-state index contributed by atoms with van der Waals surface area (Å²) in [7, 11) is -3.38. The summed E-state index contributed by atoms with van der Waals surface area (Å²) in [5.41, 5.74) is 1.73. The van der Waals surface area contributed by atoms with Crippen LogP contribution in [0.1, 0.15) is 36.8 Å². The van der Waals surface area contributed by atoms with Crippen LogP contribution >= 0.6 is 11.6 Å². The normalized spacial score (nSPS) is 11.7. The van der Waals surface area contributed by atoms with E-state index in [9.17, 15) is 8.42 Å². The summed E-state index contributed by atoms with van der Waals surface area (Å²) >= 11 is 5.59. The molecule has 1 N–H and O–H groups in total. The van der Waals surface area contributed by atoms with Crippen molar-refractivity contribution >= 4 is 21.6 Å². The zero-order valence-corrected chi connectivity index (χ0v) is 13.1. The molecule has 0 spiro atoms. The van der Waals surface area contributed by atoms with E-state index in [1.165, 1.54) is 0 Å². The molecule has 0 saturated heterocycles. The molecule has 0 atom stereocenters. The van der Waals surface area contributed by atoms with Crippen LogP contribution in [-0.2, 0) is 10.0 Å². The molecular weight excluding hydrogens is 282 g/mol. The van der Waals surface area contributed by atoms with Crippen molar-refractivity contribution in [2.24, 2.45) is 0 Å². The maximum Gasteiger partial charge on any atom is 0.240 e. The molecule has 1 aromatic rings. The SMILES string of the molecule is Cc1ccc(C)c(S(=O)(=O)NCCCCCCCl)c1. The molecule has 0 aliphatic rings. The molecule has 0 amide bonds. The zero-order valence-electron chi connectivity index (χ0n) is 11.6. The predicted octanol–water partition coefficient (Wildman–Crippen LogP) is 3.38. The molecule has 0 aliphatic carbocycles. The maximum atomic E-state index is 12.2. The third-order valence-electron chi connectivity index (χ3n) is 2.99. The molecule has 0 bridgehead atoms. The minimum absolute atomic E-state index is 0.383. The van der Waals surface area contributed by atoms with Gasteiger partial charge in [-0.15, -0.1) is 11.6 Å². The minimum atomic E-state index is -3.38. The molecular formula is C14H22ClNO2S. The Bertz CT molecular complexity index is 500. The summed E-state index contributed by atoms with van der Waals surface area (Å²) < 4.78 is 27.0. The first kappa shape index (κ1) is 16.5. The van der Waals surface area contributed by atoms with E-state index in [1.807, 2.05) is 26.0 Å². The van der Waals surface area contributed by atoms with E-state index in [4.69, 9.17) is 11.6 Å². The van der Waals surface area contributed by atoms with Crippen LogP contribution in [0.3, 0.4) is 0 Å². The molecule has 1 rings (SSSR count). The largest absolute Gasteiger partial charge is 0.240 e. The molecule has 0 heterocycles. The van der Waals surface area contributed by atoms with Crippen LogP contribution in [0.5, 0.6) is 0 Å². The van der Waals surface area contributed by atoms with Crippen LogP contribution in [0.15, 0.2) is 23.1 Å². The van der Waals surface area contributed by atoms with Gasteiger partial charge in [0.05, 0.1) is 4.90 Å². The Morgan fingerprint density at radius 3 is 2.47 bits per heavy atom. The van der Waals surface area contributed by atoms with Gasteiger partial charge in [-0.05, 0) is 43.9 Å². The average molecular weight is 304 g/mol. The van der Waals surface area contributed by atoms with Crippen LogP contribution in [0.25, 0.3) is 0 Å². The number of hydrogen-bond donors (Lipinski definition) is 1. The van der Waals surface area contributed by atoms with Gasteiger partial charge >= 0.3 is 0 Å². The van der Waals surface area contributed by atoms with Crippen molar-refractivity contribution in [2.75, 3.05) is 12.4 Å². The van der Waals surface area contributed by atoms with Gasteiger partial charge in [0.1, 0.15) is 0 Å². The number of halogens is 1. The fraction of sp³-hybridized carbons (Fsp3) is 0.571. The summed E-state index contributed by atoms with van der Waals surface area (Å²) in [4.78, 5) is 0.383. The monoisotopic (exact) mass is 303 g/mol. The van der Waals surface area contributed by atoms with Gasteiger partial charge in [0.15, 0.2) is 0 Å². The molecule has 0 unspecified atom stereocenters. The first-order valence-corrected chi connectivity index (χ1v) is 8.62. The molecule has 0 saturated carbocycles. The molecule has 3 nitrogen and oxygen atoms in total. The third kappa shape index (κ3) is 5.51. The number of alkyl halides is 1. The van der Waals surface area contributed by atoms with Crippen molar-refractivity contribution in [3.63, 3.8) is 0 Å². The summed E-state index contributed by atoms with van der Waals surface area (Å²) in [5, 5.41) is 0. The first-order valence-electron chi connectivity index (χ1n) is 6.60. The highest BCUT2D eigenvalue weighted by atomic mass is 35.5. The standard InChI is InChI=1S/C14H22ClNO2S/c1-12-7-8-13(2)14(11-12)19(17,18)16-10-6-4-3-5-9-15/h7-8,11,16H,3-6,9-10H2,1-2H3. The van der Waals surface area contributed by atoms with Crippen molar-refractivity contribution in [1.29, 1.82) is 0 Å². The minimum Gasteiger partial charge on any atom is -0.211 e. The van der Waals surface area contributed by atoms with Gasteiger partial charge in [0.2, 0.25) is 10.0 Å². The molecule has 0 aliphatic heterocycles. The number of sulfonamides is 1. The smallest absolute Gasteiger partial charge is 0.211 e. The van der Waals surface area contributed by atoms with E-state index >= 15 is 0 Å². The number of rotatable bonds is 8. The number of benzene rings is 1. The van der Waals surface area contributed by atoms with E-state index in [0.29, 0.717) is 17.3 Å². The van der Waals surface area contributed by atoms with E-state index in [2.05, 4.69) is 4.72 Å². The fourth-order valence-electron chi connectivity index (χ4n) is 1.85. The lowest BCUT2D eigenvalue weighted by Gasteiger charge is -2.10. The Labute approximate surface area is 121 Å². The van der Waals surface area contributed by atoms with Crippen LogP contribution < -0.4 is 4.72 Å². The molecule has 1 aromatic carbocycles. The highest BCUT2D eigenvalue weighted by Crippen LogP contribution is 2.16. The lowest BCUT2D eigenvalue weighted by molar-refractivity contribution is 0.573. The van der Waals surface area contributed by atoms with Gasteiger partial charge in [-0.3, -0.25) is 0 Å². The number of hydrogen-bond acceptors (Lipinski definition) is 2. The molecule has 5 heteroatoms. The summed E-state index contributed by atoms with van der Waals surface area (Å²) in [6.45, 7) is 4.19. The molecule has 0 aromatic heterocycles. The molecule has 108 valence electrons. The first-order chi connectivity index (χ1) is 8.97. The van der Waals surface area contributed by atoms with Gasteiger partial charge in [0, 0.05) is 12.4 Å². The maximum absolute atomic E-state index is 12.2. The lowest BCUT2D eigenvalue weighted by Crippen LogP contribution is -2.25. The fourth-order valence-corrected chi connectivity index (χ4v) is 3.44. The van der Waals surface area contributed by atoms with Crippen molar-refractivity contribution in [1.82, 2.24) is 4.72 Å². The van der Waals surface area contributed by atoms with Gasteiger partial charge in [-0.1, -0.05) is 25.0 Å². The lowest BCUT2D eigenvalue weighted by atomic mass is 10.2. The Morgan fingerprint density at radius 1 is 1.11 bits per heavy atom. The Balaban J connectivity index is 2.54. The van der Waals surface area contributed by atoms with Gasteiger partial charge < -0.3 is 0 Å². The highest BCUT2D eigenvalue weighted by molar-refractivity contribution is 7.89. The number of unbranched alkanes of at least 4 members (excludes halogenated alkanes) is 3. The van der Waals surface area contributed by atoms with E-state index in [-0.39, 0.29) is 0 Å². The van der Waals surface area contributed by atoms with Gasteiger partial charge in [0.25, 0.3) is 0 Å². The van der Waals surface area contributed by atoms with Gasteiger partial charge in [-0.2, -0.15) is 0 Å². The second-order valence-electron chi connectivity index (χ2n) is 4.77. The molecule has 19 heavy (non-hydrogen) atoms. The van der Waals surface area contributed by atoms with Crippen molar-refractivity contribution in [3.8, 4) is 0 Å².